The lowest BCUT2D eigenvalue weighted by Crippen LogP contribution is -2.45. The van der Waals surface area contributed by atoms with Crippen molar-refractivity contribution in [1.29, 1.82) is 0 Å². The first-order valence-electron chi connectivity index (χ1n) is 8.53. The van der Waals surface area contributed by atoms with E-state index in [2.05, 4.69) is 0 Å². The number of hydrogen-bond donors (Lipinski definition) is 1. The van der Waals surface area contributed by atoms with E-state index < -0.39 is 5.41 Å². The van der Waals surface area contributed by atoms with Gasteiger partial charge < -0.3 is 15.4 Å². The van der Waals surface area contributed by atoms with Gasteiger partial charge in [-0.25, -0.2) is 4.39 Å². The van der Waals surface area contributed by atoms with Gasteiger partial charge in [0.15, 0.2) is 0 Å². The summed E-state index contributed by atoms with van der Waals surface area (Å²) in [7, 11) is 0. The Morgan fingerprint density at radius 1 is 1.25 bits per heavy atom. The van der Waals surface area contributed by atoms with E-state index in [0.717, 1.165) is 50.8 Å². The van der Waals surface area contributed by atoms with Crippen LogP contribution in [0, 0.1) is 5.82 Å². The van der Waals surface area contributed by atoms with Crippen molar-refractivity contribution in [3.05, 3.63) is 35.6 Å². The summed E-state index contributed by atoms with van der Waals surface area (Å²) in [6.45, 7) is 2.84. The number of hydrogen-bond acceptors (Lipinski definition) is 3. The molecule has 0 bridgehead atoms. The fourth-order valence-corrected chi connectivity index (χ4v) is 3.38. The molecule has 24 heavy (non-hydrogen) atoms. The average Bonchev–Trinajstić information content (AvgIpc) is 3.38. The first-order chi connectivity index (χ1) is 11.2. The molecule has 1 saturated heterocycles. The third kappa shape index (κ3) is 4.08. The van der Waals surface area contributed by atoms with Crippen molar-refractivity contribution < 1.29 is 13.9 Å². The molecule has 134 valence electrons. The van der Waals surface area contributed by atoms with Crippen molar-refractivity contribution in [1.82, 2.24) is 4.90 Å². The van der Waals surface area contributed by atoms with E-state index in [0.29, 0.717) is 13.2 Å². The highest BCUT2D eigenvalue weighted by molar-refractivity contribution is 5.91. The maximum absolute atomic E-state index is 13.1. The van der Waals surface area contributed by atoms with Crippen LogP contribution in [0.25, 0.3) is 0 Å². The van der Waals surface area contributed by atoms with Crippen molar-refractivity contribution >= 4 is 18.3 Å². The topological polar surface area (TPSA) is 55.6 Å². The molecule has 0 atom stereocenters. The van der Waals surface area contributed by atoms with E-state index in [-0.39, 0.29) is 30.2 Å². The number of halogens is 2. The number of rotatable bonds is 6. The van der Waals surface area contributed by atoms with Gasteiger partial charge in [0, 0.05) is 19.7 Å². The van der Waals surface area contributed by atoms with Crippen LogP contribution in [0.3, 0.4) is 0 Å². The zero-order valence-electron chi connectivity index (χ0n) is 13.9. The van der Waals surface area contributed by atoms with E-state index in [1.807, 2.05) is 4.90 Å². The van der Waals surface area contributed by atoms with Gasteiger partial charge >= 0.3 is 0 Å². The first kappa shape index (κ1) is 19.2. The van der Waals surface area contributed by atoms with Crippen LogP contribution in [0.1, 0.15) is 37.7 Å². The SMILES string of the molecule is Cl.NCCCOC1CCN(C(=O)C2(c3ccc(F)cc3)CC2)CC1. The van der Waals surface area contributed by atoms with Gasteiger partial charge in [0.05, 0.1) is 11.5 Å². The fraction of sp³-hybridized carbons (Fsp3) is 0.611. The van der Waals surface area contributed by atoms with Gasteiger partial charge in [-0.05, 0) is 56.3 Å². The number of benzene rings is 1. The van der Waals surface area contributed by atoms with Crippen molar-refractivity contribution in [3.63, 3.8) is 0 Å². The first-order valence-corrected chi connectivity index (χ1v) is 8.53. The molecule has 1 aromatic carbocycles. The van der Waals surface area contributed by atoms with Crippen molar-refractivity contribution in [2.45, 2.75) is 43.6 Å². The van der Waals surface area contributed by atoms with E-state index >= 15 is 0 Å². The molecule has 2 aliphatic rings. The lowest BCUT2D eigenvalue weighted by atomic mass is 9.93. The summed E-state index contributed by atoms with van der Waals surface area (Å²) in [5.41, 5.74) is 6.02. The lowest BCUT2D eigenvalue weighted by molar-refractivity contribution is -0.136. The second kappa shape index (κ2) is 8.28. The molecule has 2 N–H and O–H groups in total. The third-order valence-electron chi connectivity index (χ3n) is 4.99. The third-order valence-corrected chi connectivity index (χ3v) is 4.99. The Hall–Kier alpha value is -1.17. The van der Waals surface area contributed by atoms with Crippen LogP contribution in [-0.2, 0) is 14.9 Å². The highest BCUT2D eigenvalue weighted by atomic mass is 35.5. The molecule has 0 unspecified atom stereocenters. The molecule has 1 amide bonds. The van der Waals surface area contributed by atoms with Crippen LogP contribution in [0.15, 0.2) is 24.3 Å². The number of nitrogens with zero attached hydrogens (tertiary/aromatic N) is 1. The number of likely N-dealkylation sites (tertiary alicyclic amines) is 1. The Labute approximate surface area is 148 Å². The summed E-state index contributed by atoms with van der Waals surface area (Å²) in [6, 6.07) is 6.40. The summed E-state index contributed by atoms with van der Waals surface area (Å²) in [4.78, 5) is 14.9. The zero-order valence-corrected chi connectivity index (χ0v) is 14.7. The molecule has 0 aromatic heterocycles. The molecule has 1 heterocycles. The highest BCUT2D eigenvalue weighted by Gasteiger charge is 2.53. The Morgan fingerprint density at radius 2 is 1.88 bits per heavy atom. The molecule has 0 radical (unpaired) electrons. The number of carbonyl (C=O) groups is 1. The minimum absolute atomic E-state index is 0. The molecule has 3 rings (SSSR count). The predicted octanol–water partition coefficient (Wildman–Crippen LogP) is 2.64. The predicted molar refractivity (Wildman–Crippen MR) is 93.8 cm³/mol. The normalized spacial score (nSPS) is 19.7. The minimum Gasteiger partial charge on any atom is -0.378 e. The molecular formula is C18H26ClFN2O2. The Balaban J connectivity index is 0.00000208. The van der Waals surface area contributed by atoms with Gasteiger partial charge in [0.25, 0.3) is 0 Å². The minimum atomic E-state index is -0.402. The van der Waals surface area contributed by atoms with Crippen LogP contribution >= 0.6 is 12.4 Å². The zero-order chi connectivity index (χ0) is 16.3. The maximum Gasteiger partial charge on any atom is 0.233 e. The molecule has 2 fully saturated rings. The average molecular weight is 357 g/mol. The van der Waals surface area contributed by atoms with Gasteiger partial charge in [0.1, 0.15) is 5.82 Å². The monoisotopic (exact) mass is 356 g/mol. The molecule has 1 aliphatic carbocycles. The second-order valence-corrected chi connectivity index (χ2v) is 6.59. The molecule has 0 spiro atoms. The summed E-state index contributed by atoms with van der Waals surface area (Å²) in [6.07, 6.45) is 4.62. The van der Waals surface area contributed by atoms with Gasteiger partial charge in [-0.15, -0.1) is 12.4 Å². The summed E-state index contributed by atoms with van der Waals surface area (Å²) >= 11 is 0. The molecule has 6 heteroatoms. The number of piperidine rings is 1. The molecular weight excluding hydrogens is 331 g/mol. The van der Waals surface area contributed by atoms with E-state index in [9.17, 15) is 9.18 Å². The smallest absolute Gasteiger partial charge is 0.233 e. The van der Waals surface area contributed by atoms with E-state index in [4.69, 9.17) is 10.5 Å². The molecule has 1 aromatic rings. The maximum atomic E-state index is 13.1. The molecule has 1 aliphatic heterocycles. The van der Waals surface area contributed by atoms with Gasteiger partial charge in [0.2, 0.25) is 5.91 Å². The lowest BCUT2D eigenvalue weighted by Gasteiger charge is -2.34. The fourth-order valence-electron chi connectivity index (χ4n) is 3.38. The summed E-state index contributed by atoms with van der Waals surface area (Å²) in [5.74, 6) is -0.0584. The van der Waals surface area contributed by atoms with Crippen LogP contribution in [0.2, 0.25) is 0 Å². The van der Waals surface area contributed by atoms with Crippen molar-refractivity contribution in [3.8, 4) is 0 Å². The quantitative estimate of drug-likeness (QED) is 0.797. The molecule has 4 nitrogen and oxygen atoms in total. The van der Waals surface area contributed by atoms with Gasteiger partial charge in [-0.1, -0.05) is 12.1 Å². The van der Waals surface area contributed by atoms with Crippen LogP contribution in [0.5, 0.6) is 0 Å². The Bertz CT molecular complexity index is 540. The van der Waals surface area contributed by atoms with E-state index in [1.165, 1.54) is 12.1 Å². The second-order valence-electron chi connectivity index (χ2n) is 6.59. The Morgan fingerprint density at radius 3 is 2.42 bits per heavy atom. The van der Waals surface area contributed by atoms with Crippen LogP contribution in [0.4, 0.5) is 4.39 Å². The van der Waals surface area contributed by atoms with Crippen LogP contribution < -0.4 is 5.73 Å². The summed E-state index contributed by atoms with van der Waals surface area (Å²) < 4.78 is 18.9. The van der Waals surface area contributed by atoms with Gasteiger partial charge in [-0.3, -0.25) is 4.79 Å². The molecule has 1 saturated carbocycles. The summed E-state index contributed by atoms with van der Waals surface area (Å²) in [5, 5.41) is 0. The van der Waals surface area contributed by atoms with Gasteiger partial charge in [-0.2, -0.15) is 0 Å². The highest BCUT2D eigenvalue weighted by Crippen LogP contribution is 2.49. The number of amides is 1. The van der Waals surface area contributed by atoms with Crippen molar-refractivity contribution in [2.75, 3.05) is 26.2 Å². The standard InChI is InChI=1S/C18H25FN2O2.ClH/c19-15-4-2-14(3-5-15)18(8-9-18)17(22)21-11-6-16(7-12-21)23-13-1-10-20;/h2-5,16H,1,6-13,20H2;1H. The van der Waals surface area contributed by atoms with Crippen molar-refractivity contribution in [2.24, 2.45) is 5.73 Å². The van der Waals surface area contributed by atoms with Crippen LogP contribution in [-0.4, -0.2) is 43.2 Å². The number of nitrogens with two attached hydrogens (primary N) is 1. The number of carbonyl (C=O) groups excluding carboxylic acids is 1. The number of ether oxygens (including phenoxy) is 1. The van der Waals surface area contributed by atoms with E-state index in [1.54, 1.807) is 12.1 Å². The Kier molecular flexibility index (Phi) is 6.61. The largest absolute Gasteiger partial charge is 0.378 e.